The first-order valence-corrected chi connectivity index (χ1v) is 5.70. The average Bonchev–Trinajstić information content (AvgIpc) is 2.34. The van der Waals surface area contributed by atoms with Gasteiger partial charge >= 0.3 is 0 Å². The van der Waals surface area contributed by atoms with Gasteiger partial charge in [-0.25, -0.2) is 0 Å². The van der Waals surface area contributed by atoms with Crippen LogP contribution in [0.4, 0.5) is 0 Å². The summed E-state index contributed by atoms with van der Waals surface area (Å²) >= 11 is 7.80. The Balaban J connectivity index is 2.85. The predicted molar refractivity (Wildman–Crippen MR) is 55.0 cm³/mol. The highest BCUT2D eigenvalue weighted by atomic mass is 79.9. The van der Waals surface area contributed by atoms with Crippen LogP contribution < -0.4 is 0 Å². The molecule has 1 heterocycles. The molecule has 1 aromatic heterocycles. The zero-order valence-corrected chi connectivity index (χ0v) is 9.79. The maximum Gasteiger partial charge on any atom is 0.197 e. The molecule has 11 heavy (non-hydrogen) atoms. The molecule has 0 aliphatic carbocycles. The number of thiophene rings is 1. The monoisotopic (exact) mass is 296 g/mol. The van der Waals surface area contributed by atoms with Crippen LogP contribution in [0.2, 0.25) is 0 Å². The topological polar surface area (TPSA) is 17.1 Å². The summed E-state index contributed by atoms with van der Waals surface area (Å²) in [5.41, 5.74) is 1.14. The SMILES string of the molecule is Cc1csc(C(=O)C(Br)Br)c1. The smallest absolute Gasteiger partial charge is 0.197 e. The Kier molecular flexibility index (Phi) is 3.28. The van der Waals surface area contributed by atoms with Crippen molar-refractivity contribution in [2.75, 3.05) is 0 Å². The van der Waals surface area contributed by atoms with Gasteiger partial charge < -0.3 is 0 Å². The summed E-state index contributed by atoms with van der Waals surface area (Å²) in [6.07, 6.45) is 0. The Labute approximate surface area is 86.1 Å². The molecule has 1 nitrogen and oxygen atoms in total. The van der Waals surface area contributed by atoms with Crippen molar-refractivity contribution in [3.63, 3.8) is 0 Å². The molecule has 0 unspecified atom stereocenters. The van der Waals surface area contributed by atoms with Crippen molar-refractivity contribution in [3.05, 3.63) is 21.9 Å². The Morgan fingerprint density at radius 1 is 1.64 bits per heavy atom. The van der Waals surface area contributed by atoms with Crippen molar-refractivity contribution in [1.29, 1.82) is 0 Å². The number of aryl methyl sites for hydroxylation is 1. The molecule has 4 heteroatoms. The number of alkyl halides is 2. The van der Waals surface area contributed by atoms with Crippen molar-refractivity contribution in [3.8, 4) is 0 Å². The van der Waals surface area contributed by atoms with E-state index < -0.39 is 0 Å². The minimum absolute atomic E-state index is 0.0862. The second-order valence-corrected chi connectivity index (χ2v) is 6.12. The second-order valence-electron chi connectivity index (χ2n) is 2.15. The van der Waals surface area contributed by atoms with Gasteiger partial charge in [0.05, 0.1) is 4.88 Å². The highest BCUT2D eigenvalue weighted by Crippen LogP contribution is 2.21. The fourth-order valence-electron chi connectivity index (χ4n) is 0.668. The van der Waals surface area contributed by atoms with Crippen LogP contribution in [0.1, 0.15) is 15.2 Å². The number of ketones is 1. The number of Topliss-reactive ketones (excluding diaryl/α,β-unsaturated/α-hetero) is 1. The second kappa shape index (κ2) is 3.83. The van der Waals surface area contributed by atoms with E-state index in [1.54, 1.807) is 0 Å². The van der Waals surface area contributed by atoms with E-state index in [1.807, 2.05) is 18.4 Å². The number of rotatable bonds is 2. The lowest BCUT2D eigenvalue weighted by Gasteiger charge is -1.94. The van der Waals surface area contributed by atoms with Gasteiger partial charge in [0.15, 0.2) is 5.78 Å². The van der Waals surface area contributed by atoms with Crippen LogP contribution in [0, 0.1) is 6.92 Å². The molecule has 0 N–H and O–H groups in total. The van der Waals surface area contributed by atoms with Gasteiger partial charge in [-0.2, -0.15) is 0 Å². The third kappa shape index (κ3) is 2.39. The fourth-order valence-corrected chi connectivity index (χ4v) is 2.33. The summed E-state index contributed by atoms with van der Waals surface area (Å²) in [7, 11) is 0. The van der Waals surface area contributed by atoms with Gasteiger partial charge in [0.1, 0.15) is 3.74 Å². The molecule has 0 saturated heterocycles. The number of halogens is 2. The van der Waals surface area contributed by atoms with Gasteiger partial charge in [0.2, 0.25) is 0 Å². The maximum absolute atomic E-state index is 11.3. The molecule has 0 aromatic carbocycles. The van der Waals surface area contributed by atoms with Crippen LogP contribution in [0.15, 0.2) is 11.4 Å². The molecule has 0 bridgehead atoms. The lowest BCUT2D eigenvalue weighted by atomic mass is 10.3. The normalized spacial score (nSPS) is 10.5. The molecule has 0 aliphatic heterocycles. The van der Waals surface area contributed by atoms with E-state index in [-0.39, 0.29) is 9.52 Å². The molecule has 0 saturated carbocycles. The summed E-state index contributed by atoms with van der Waals surface area (Å²) in [5, 5.41) is 1.97. The third-order valence-corrected chi connectivity index (χ3v) is 3.07. The van der Waals surface area contributed by atoms with Crippen LogP contribution in [0.3, 0.4) is 0 Å². The zero-order chi connectivity index (χ0) is 8.43. The molecule has 0 spiro atoms. The van der Waals surface area contributed by atoms with E-state index in [2.05, 4.69) is 31.9 Å². The Bertz CT molecular complexity index is 267. The summed E-state index contributed by atoms with van der Waals surface area (Å²) in [6.45, 7) is 1.98. The Hall–Kier alpha value is 0.330. The van der Waals surface area contributed by atoms with Crippen molar-refractivity contribution in [1.82, 2.24) is 0 Å². The molecule has 0 fully saturated rings. The first-order valence-electron chi connectivity index (χ1n) is 2.99. The molecule has 0 radical (unpaired) electrons. The van der Waals surface area contributed by atoms with Crippen molar-refractivity contribution >= 4 is 49.0 Å². The average molecular weight is 298 g/mol. The van der Waals surface area contributed by atoms with Gasteiger partial charge in [0, 0.05) is 0 Å². The summed E-state index contributed by atoms with van der Waals surface area (Å²) in [4.78, 5) is 12.1. The summed E-state index contributed by atoms with van der Waals surface area (Å²) < 4.78 is -0.256. The van der Waals surface area contributed by atoms with E-state index in [4.69, 9.17) is 0 Å². The standard InChI is InChI=1S/C7H6Br2OS/c1-4-2-5(11-3-4)6(10)7(8)9/h2-3,7H,1H3. The number of hydrogen-bond acceptors (Lipinski definition) is 2. The van der Waals surface area contributed by atoms with Crippen LogP contribution in [-0.4, -0.2) is 9.52 Å². The van der Waals surface area contributed by atoms with E-state index in [9.17, 15) is 4.79 Å². The van der Waals surface area contributed by atoms with Crippen LogP contribution >= 0.6 is 43.2 Å². The van der Waals surface area contributed by atoms with Crippen molar-refractivity contribution in [2.45, 2.75) is 10.7 Å². The maximum atomic E-state index is 11.3. The number of hydrogen-bond donors (Lipinski definition) is 0. The molecule has 1 rings (SSSR count). The minimum Gasteiger partial charge on any atom is -0.291 e. The van der Waals surface area contributed by atoms with E-state index in [0.29, 0.717) is 0 Å². The lowest BCUT2D eigenvalue weighted by molar-refractivity contribution is 0.102. The quantitative estimate of drug-likeness (QED) is 0.604. The van der Waals surface area contributed by atoms with Crippen molar-refractivity contribution in [2.24, 2.45) is 0 Å². The highest BCUT2D eigenvalue weighted by molar-refractivity contribution is 9.25. The molecule has 0 atom stereocenters. The number of carbonyl (C=O) groups is 1. The van der Waals surface area contributed by atoms with Crippen LogP contribution in [0.25, 0.3) is 0 Å². The summed E-state index contributed by atoms with van der Waals surface area (Å²) in [5.74, 6) is 0.0862. The third-order valence-electron chi connectivity index (χ3n) is 1.17. The van der Waals surface area contributed by atoms with Gasteiger partial charge in [-0.1, -0.05) is 31.9 Å². The molecule has 1 aromatic rings. The first kappa shape index (κ1) is 9.42. The lowest BCUT2D eigenvalue weighted by Crippen LogP contribution is -2.04. The largest absolute Gasteiger partial charge is 0.291 e. The highest BCUT2D eigenvalue weighted by Gasteiger charge is 2.14. The molecule has 0 aliphatic rings. The molecular formula is C7H6Br2OS. The molecule has 0 amide bonds. The van der Waals surface area contributed by atoms with E-state index >= 15 is 0 Å². The van der Waals surface area contributed by atoms with Crippen LogP contribution in [-0.2, 0) is 0 Å². The van der Waals surface area contributed by atoms with E-state index in [0.717, 1.165) is 10.4 Å². The van der Waals surface area contributed by atoms with Gasteiger partial charge in [-0.05, 0) is 23.9 Å². The predicted octanol–water partition coefficient (Wildman–Crippen LogP) is 3.36. The number of carbonyl (C=O) groups excluding carboxylic acids is 1. The molecule has 60 valence electrons. The Morgan fingerprint density at radius 2 is 2.27 bits per heavy atom. The minimum atomic E-state index is -0.256. The van der Waals surface area contributed by atoms with Crippen LogP contribution in [0.5, 0.6) is 0 Å². The summed E-state index contributed by atoms with van der Waals surface area (Å²) in [6, 6.07) is 1.89. The fraction of sp³-hybridized carbons (Fsp3) is 0.286. The molecular weight excluding hydrogens is 292 g/mol. The first-order chi connectivity index (χ1) is 5.11. The van der Waals surface area contributed by atoms with Gasteiger partial charge in [0.25, 0.3) is 0 Å². The zero-order valence-electron chi connectivity index (χ0n) is 5.80. The van der Waals surface area contributed by atoms with Crippen molar-refractivity contribution < 1.29 is 4.79 Å². The van der Waals surface area contributed by atoms with Gasteiger partial charge in [-0.15, -0.1) is 11.3 Å². The van der Waals surface area contributed by atoms with E-state index in [1.165, 1.54) is 11.3 Å². The Morgan fingerprint density at radius 3 is 2.64 bits per heavy atom. The van der Waals surface area contributed by atoms with Gasteiger partial charge in [-0.3, -0.25) is 4.79 Å².